The Balaban J connectivity index is 3.37. The van der Waals surface area contributed by atoms with Crippen LogP contribution in [0.1, 0.15) is 25.5 Å². The molecule has 0 saturated carbocycles. The molecule has 0 radical (unpaired) electrons. The van der Waals surface area contributed by atoms with E-state index in [2.05, 4.69) is 15.9 Å². The summed E-state index contributed by atoms with van der Waals surface area (Å²) in [7, 11) is 0. The minimum absolute atomic E-state index is 0.200. The quantitative estimate of drug-likeness (QED) is 0.581. The zero-order valence-corrected chi connectivity index (χ0v) is 11.6. The molecule has 0 heterocycles. The molecule has 7 heteroatoms. The van der Waals surface area contributed by atoms with Crippen molar-refractivity contribution in [2.24, 2.45) is 11.1 Å². The number of nitro groups is 1. The molecule has 0 bridgehead atoms. The van der Waals surface area contributed by atoms with Gasteiger partial charge in [0.05, 0.1) is 4.92 Å². The van der Waals surface area contributed by atoms with Crippen LogP contribution >= 0.6 is 15.9 Å². The number of hydrogen-bond donors (Lipinski definition) is 3. The Bertz CT molecular complexity index is 476. The van der Waals surface area contributed by atoms with Gasteiger partial charge in [0.1, 0.15) is 0 Å². The fraction of sp³-hybridized carbons (Fsp3) is 0.455. The summed E-state index contributed by atoms with van der Waals surface area (Å²) in [6.07, 6.45) is 0. The fourth-order valence-electron chi connectivity index (χ4n) is 1.50. The normalized spacial score (nSPS) is 13.4. The Kier molecular flexibility index (Phi) is 4.31. The maximum absolute atomic E-state index is 10.8. The Morgan fingerprint density at radius 2 is 2.11 bits per heavy atom. The molecule has 1 aromatic rings. The molecule has 1 aromatic carbocycles. The van der Waals surface area contributed by atoms with Crippen LogP contribution in [0, 0.1) is 15.5 Å². The predicted octanol–water partition coefficient (Wildman–Crippen LogP) is 2.08. The van der Waals surface area contributed by atoms with E-state index in [-0.39, 0.29) is 12.2 Å². The minimum atomic E-state index is -0.723. The van der Waals surface area contributed by atoms with Gasteiger partial charge in [-0.3, -0.25) is 10.1 Å². The average molecular weight is 319 g/mol. The van der Waals surface area contributed by atoms with E-state index in [1.807, 2.05) is 0 Å². The van der Waals surface area contributed by atoms with Crippen LogP contribution in [-0.2, 0) is 0 Å². The molecule has 0 fully saturated rings. The Morgan fingerprint density at radius 1 is 1.56 bits per heavy atom. The third-order valence-electron chi connectivity index (χ3n) is 2.87. The Hall–Kier alpha value is -1.18. The van der Waals surface area contributed by atoms with Gasteiger partial charge in [0, 0.05) is 34.2 Å². The van der Waals surface area contributed by atoms with Crippen LogP contribution in [0.4, 0.5) is 5.69 Å². The van der Waals surface area contributed by atoms with E-state index in [1.54, 1.807) is 13.8 Å². The smallest absolute Gasteiger partial charge is 0.312 e. The molecular weight excluding hydrogens is 304 g/mol. The lowest BCUT2D eigenvalue weighted by molar-refractivity contribution is -0.386. The molecule has 100 valence electrons. The largest absolute Gasteiger partial charge is 0.502 e. The van der Waals surface area contributed by atoms with Crippen LogP contribution in [0.2, 0.25) is 0 Å². The number of halogens is 1. The molecule has 0 aliphatic heterocycles. The molecule has 0 saturated heterocycles. The molecule has 0 unspecified atom stereocenters. The summed E-state index contributed by atoms with van der Waals surface area (Å²) >= 11 is 3.14. The summed E-state index contributed by atoms with van der Waals surface area (Å²) < 4.78 is 0.450. The second kappa shape index (κ2) is 5.21. The van der Waals surface area contributed by atoms with Crippen molar-refractivity contribution >= 4 is 21.6 Å². The number of phenols is 1. The first kappa shape index (κ1) is 14.9. The van der Waals surface area contributed by atoms with Crippen LogP contribution in [0.3, 0.4) is 0 Å². The van der Waals surface area contributed by atoms with Crippen molar-refractivity contribution < 1.29 is 15.1 Å². The van der Waals surface area contributed by atoms with Crippen LogP contribution in [-0.4, -0.2) is 21.7 Å². The number of aromatic hydroxyl groups is 1. The molecule has 4 N–H and O–H groups in total. The van der Waals surface area contributed by atoms with E-state index in [1.165, 1.54) is 12.1 Å². The van der Waals surface area contributed by atoms with Gasteiger partial charge in [0.15, 0.2) is 5.75 Å². The summed E-state index contributed by atoms with van der Waals surface area (Å²) in [6.45, 7) is 3.22. The molecule has 0 aromatic heterocycles. The highest BCUT2D eigenvalue weighted by molar-refractivity contribution is 9.10. The molecule has 0 amide bonds. The summed E-state index contributed by atoms with van der Waals surface area (Å²) in [5, 5.41) is 29.9. The zero-order chi connectivity index (χ0) is 14.1. The standard InChI is InChI=1S/C11H15BrN2O4/c1-11(2,5-15)10(13)7-3-6(12)4-8(9(7)16)14(17)18/h3-4,10,15-16H,5,13H2,1-2H3/t10-/m0/s1. The van der Waals surface area contributed by atoms with Crippen LogP contribution in [0.25, 0.3) is 0 Å². The second-order valence-corrected chi connectivity index (χ2v) is 5.66. The van der Waals surface area contributed by atoms with Gasteiger partial charge in [-0.1, -0.05) is 29.8 Å². The maximum Gasteiger partial charge on any atom is 0.312 e. The third kappa shape index (κ3) is 2.80. The van der Waals surface area contributed by atoms with Crippen LogP contribution in [0.15, 0.2) is 16.6 Å². The van der Waals surface area contributed by atoms with Crippen LogP contribution in [0.5, 0.6) is 5.75 Å². The molecule has 1 rings (SSSR count). The number of nitrogens with two attached hydrogens (primary N) is 1. The number of aliphatic hydroxyl groups excluding tert-OH is 1. The molecular formula is C11H15BrN2O4. The van der Waals surface area contributed by atoms with Crippen molar-refractivity contribution in [1.82, 2.24) is 0 Å². The van der Waals surface area contributed by atoms with Gasteiger partial charge in [-0.05, 0) is 6.07 Å². The van der Waals surface area contributed by atoms with E-state index in [4.69, 9.17) is 5.73 Å². The van der Waals surface area contributed by atoms with Crippen molar-refractivity contribution in [3.8, 4) is 5.75 Å². The number of benzene rings is 1. The lowest BCUT2D eigenvalue weighted by atomic mass is 9.81. The predicted molar refractivity (Wildman–Crippen MR) is 70.3 cm³/mol. The first-order chi connectivity index (χ1) is 8.20. The van der Waals surface area contributed by atoms with Crippen molar-refractivity contribution in [1.29, 1.82) is 0 Å². The van der Waals surface area contributed by atoms with Gasteiger partial charge in [-0.2, -0.15) is 0 Å². The minimum Gasteiger partial charge on any atom is -0.502 e. The Labute approximate surface area is 113 Å². The number of hydrogen-bond acceptors (Lipinski definition) is 5. The number of nitrogens with zero attached hydrogens (tertiary/aromatic N) is 1. The first-order valence-electron chi connectivity index (χ1n) is 5.24. The number of phenolic OH excluding ortho intramolecular Hbond substituents is 1. The van der Waals surface area contributed by atoms with Crippen molar-refractivity contribution in [2.75, 3.05) is 6.61 Å². The average Bonchev–Trinajstić information content (AvgIpc) is 2.30. The molecule has 0 spiro atoms. The van der Waals surface area contributed by atoms with Gasteiger partial charge >= 0.3 is 5.69 Å². The number of aliphatic hydroxyl groups is 1. The van der Waals surface area contributed by atoms with E-state index in [0.29, 0.717) is 4.47 Å². The molecule has 0 aliphatic rings. The monoisotopic (exact) mass is 318 g/mol. The molecule has 18 heavy (non-hydrogen) atoms. The number of rotatable bonds is 4. The SMILES string of the molecule is CC(C)(CO)[C@@H](N)c1cc(Br)cc([N+](=O)[O-])c1O. The third-order valence-corrected chi connectivity index (χ3v) is 3.32. The highest BCUT2D eigenvalue weighted by atomic mass is 79.9. The lowest BCUT2D eigenvalue weighted by Gasteiger charge is -2.30. The van der Waals surface area contributed by atoms with Crippen molar-refractivity contribution in [3.05, 3.63) is 32.3 Å². The molecule has 6 nitrogen and oxygen atoms in total. The summed E-state index contributed by atoms with van der Waals surface area (Å²) in [4.78, 5) is 10.1. The van der Waals surface area contributed by atoms with Gasteiger partial charge in [0.2, 0.25) is 0 Å². The van der Waals surface area contributed by atoms with E-state index >= 15 is 0 Å². The first-order valence-corrected chi connectivity index (χ1v) is 6.03. The maximum atomic E-state index is 10.8. The van der Waals surface area contributed by atoms with E-state index in [9.17, 15) is 20.3 Å². The van der Waals surface area contributed by atoms with Crippen LogP contribution < -0.4 is 5.73 Å². The molecule has 1 atom stereocenters. The molecule has 0 aliphatic carbocycles. The highest BCUT2D eigenvalue weighted by Crippen LogP contribution is 2.41. The fourth-order valence-corrected chi connectivity index (χ4v) is 1.96. The zero-order valence-electron chi connectivity index (χ0n) is 10.1. The van der Waals surface area contributed by atoms with Crippen molar-refractivity contribution in [3.63, 3.8) is 0 Å². The van der Waals surface area contributed by atoms with E-state index < -0.39 is 27.8 Å². The lowest BCUT2D eigenvalue weighted by Crippen LogP contribution is -2.32. The van der Waals surface area contributed by atoms with Gasteiger partial charge < -0.3 is 15.9 Å². The number of nitro benzene ring substituents is 1. The summed E-state index contributed by atoms with van der Waals surface area (Å²) in [6, 6.07) is 2.00. The summed E-state index contributed by atoms with van der Waals surface area (Å²) in [5.41, 5.74) is 5.07. The Morgan fingerprint density at radius 3 is 2.56 bits per heavy atom. The summed E-state index contributed by atoms with van der Waals surface area (Å²) in [5.74, 6) is -0.461. The van der Waals surface area contributed by atoms with Gasteiger partial charge in [-0.25, -0.2) is 0 Å². The topological polar surface area (TPSA) is 110 Å². The van der Waals surface area contributed by atoms with E-state index in [0.717, 1.165) is 0 Å². The van der Waals surface area contributed by atoms with Crippen molar-refractivity contribution in [2.45, 2.75) is 19.9 Å². The second-order valence-electron chi connectivity index (χ2n) is 4.74. The highest BCUT2D eigenvalue weighted by Gasteiger charge is 2.32. The van der Waals surface area contributed by atoms with Gasteiger partial charge in [0.25, 0.3) is 0 Å². The van der Waals surface area contributed by atoms with Gasteiger partial charge in [-0.15, -0.1) is 0 Å².